The maximum atomic E-state index is 11.2. The molecule has 70 valence electrons. The van der Waals surface area contributed by atoms with Crippen LogP contribution in [0.2, 0.25) is 0 Å². The van der Waals surface area contributed by atoms with E-state index in [1.54, 1.807) is 0 Å². The highest BCUT2D eigenvalue weighted by molar-refractivity contribution is 5.97. The highest BCUT2D eigenvalue weighted by Gasteiger charge is 2.02. The summed E-state index contributed by atoms with van der Waals surface area (Å²) in [6.07, 6.45) is 2.12. The molecule has 0 fully saturated rings. The van der Waals surface area contributed by atoms with Crippen molar-refractivity contribution in [1.29, 1.82) is 0 Å². The van der Waals surface area contributed by atoms with Gasteiger partial charge in [0.2, 0.25) is 0 Å². The minimum atomic E-state index is 0.0120. The number of rotatable bonds is 4. The first kappa shape index (κ1) is 9.93. The van der Waals surface area contributed by atoms with E-state index in [0.29, 0.717) is 0 Å². The summed E-state index contributed by atoms with van der Waals surface area (Å²) < 4.78 is 0. The zero-order valence-corrected chi connectivity index (χ0v) is 7.92. The van der Waals surface area contributed by atoms with E-state index in [-0.39, 0.29) is 12.3 Å². The number of hydrogen-bond acceptors (Lipinski definition) is 2. The average Bonchev–Trinajstić information content (AvgIpc) is 2.18. The summed E-state index contributed by atoms with van der Waals surface area (Å²) in [5, 5.41) is 0. The quantitative estimate of drug-likeness (QED) is 0.712. The molecule has 0 aromatic heterocycles. The molecule has 2 heteroatoms. The number of hydrogen-bond donors (Lipinski definition) is 1. The second kappa shape index (κ2) is 4.77. The molecule has 2 nitrogen and oxygen atoms in total. The predicted octanol–water partition coefficient (Wildman–Crippen LogP) is 1.78. The van der Waals surface area contributed by atoms with Gasteiger partial charge in [-0.2, -0.15) is 0 Å². The molecule has 0 aliphatic carbocycles. The summed E-state index contributed by atoms with van der Waals surface area (Å²) in [4.78, 5) is 11.2. The highest BCUT2D eigenvalue weighted by atomic mass is 16.1. The molecule has 0 heterocycles. The first-order valence-corrected chi connectivity index (χ1v) is 4.60. The Morgan fingerprint density at radius 3 is 2.85 bits per heavy atom. The van der Waals surface area contributed by atoms with E-state index >= 15 is 0 Å². The number of aryl methyl sites for hydroxylation is 1. The number of carbonyl (C=O) groups is 1. The summed E-state index contributed by atoms with van der Waals surface area (Å²) in [6, 6.07) is 7.69. The van der Waals surface area contributed by atoms with E-state index in [0.717, 1.165) is 18.4 Å². The molecule has 13 heavy (non-hydrogen) atoms. The molecule has 1 rings (SSSR count). The molecule has 0 radical (unpaired) electrons. The van der Waals surface area contributed by atoms with Crippen LogP contribution < -0.4 is 5.73 Å². The largest absolute Gasteiger partial charge is 0.324 e. The zero-order chi connectivity index (χ0) is 9.68. The van der Waals surface area contributed by atoms with Gasteiger partial charge in [-0.3, -0.25) is 4.79 Å². The minimum Gasteiger partial charge on any atom is -0.324 e. The lowest BCUT2D eigenvalue weighted by atomic mass is 10.0. The van der Waals surface area contributed by atoms with Gasteiger partial charge in [0.15, 0.2) is 5.78 Å². The summed E-state index contributed by atoms with van der Waals surface area (Å²) in [5.41, 5.74) is 7.22. The summed E-state index contributed by atoms with van der Waals surface area (Å²) in [6.45, 7) is 2.22. The van der Waals surface area contributed by atoms with Crippen LogP contribution in [0.4, 0.5) is 0 Å². The SMILES string of the molecule is CCCc1cccc(C(=O)CN)c1. The van der Waals surface area contributed by atoms with Gasteiger partial charge in [-0.05, 0) is 18.1 Å². The number of nitrogens with two attached hydrogens (primary N) is 1. The fourth-order valence-electron chi connectivity index (χ4n) is 1.31. The second-order valence-corrected chi connectivity index (χ2v) is 3.08. The Kier molecular flexibility index (Phi) is 3.65. The van der Waals surface area contributed by atoms with Crippen LogP contribution in [0, 0.1) is 0 Å². The van der Waals surface area contributed by atoms with Crippen LogP contribution in [0.1, 0.15) is 29.3 Å². The molecule has 0 aliphatic heterocycles. The van der Waals surface area contributed by atoms with Gasteiger partial charge in [0.05, 0.1) is 6.54 Å². The highest BCUT2D eigenvalue weighted by Crippen LogP contribution is 2.07. The normalized spacial score (nSPS) is 10.0. The van der Waals surface area contributed by atoms with E-state index in [1.165, 1.54) is 5.56 Å². The van der Waals surface area contributed by atoms with Crippen molar-refractivity contribution in [3.63, 3.8) is 0 Å². The number of Topliss-reactive ketones (excluding diaryl/α,β-unsaturated/α-hetero) is 1. The topological polar surface area (TPSA) is 43.1 Å². The van der Waals surface area contributed by atoms with Crippen molar-refractivity contribution in [3.8, 4) is 0 Å². The molecule has 1 aromatic carbocycles. The van der Waals surface area contributed by atoms with Crippen LogP contribution in [-0.4, -0.2) is 12.3 Å². The second-order valence-electron chi connectivity index (χ2n) is 3.08. The van der Waals surface area contributed by atoms with E-state index in [9.17, 15) is 4.79 Å². The summed E-state index contributed by atoms with van der Waals surface area (Å²) in [5.74, 6) is 0.0120. The van der Waals surface area contributed by atoms with Crippen LogP contribution in [0.15, 0.2) is 24.3 Å². The first-order chi connectivity index (χ1) is 6.27. The van der Waals surface area contributed by atoms with Gasteiger partial charge in [-0.1, -0.05) is 31.5 Å². The molecule has 2 N–H and O–H groups in total. The van der Waals surface area contributed by atoms with Crippen LogP contribution >= 0.6 is 0 Å². The molecular formula is C11H15NO. The zero-order valence-electron chi connectivity index (χ0n) is 7.92. The van der Waals surface area contributed by atoms with Crippen molar-refractivity contribution >= 4 is 5.78 Å². The molecule has 0 bridgehead atoms. The van der Waals surface area contributed by atoms with Gasteiger partial charge in [0.25, 0.3) is 0 Å². The van der Waals surface area contributed by atoms with Crippen molar-refractivity contribution < 1.29 is 4.79 Å². The predicted molar refractivity (Wildman–Crippen MR) is 53.8 cm³/mol. The molecule has 0 atom stereocenters. The number of benzene rings is 1. The standard InChI is InChI=1S/C11H15NO/c1-2-4-9-5-3-6-10(7-9)11(13)8-12/h3,5-7H,2,4,8,12H2,1H3. The van der Waals surface area contributed by atoms with Gasteiger partial charge in [-0.15, -0.1) is 0 Å². The van der Waals surface area contributed by atoms with Crippen molar-refractivity contribution in [3.05, 3.63) is 35.4 Å². The number of ketones is 1. The maximum Gasteiger partial charge on any atom is 0.176 e. The molecule has 1 aromatic rings. The molecule has 0 unspecified atom stereocenters. The van der Waals surface area contributed by atoms with E-state index in [1.807, 2.05) is 24.3 Å². The van der Waals surface area contributed by atoms with Crippen LogP contribution in [-0.2, 0) is 6.42 Å². The van der Waals surface area contributed by atoms with Gasteiger partial charge in [0, 0.05) is 5.56 Å². The number of carbonyl (C=O) groups excluding carboxylic acids is 1. The lowest BCUT2D eigenvalue weighted by Crippen LogP contribution is -2.13. The average molecular weight is 177 g/mol. The lowest BCUT2D eigenvalue weighted by molar-refractivity contribution is 0.100. The Hall–Kier alpha value is -1.15. The third kappa shape index (κ3) is 2.67. The molecular weight excluding hydrogens is 162 g/mol. The summed E-state index contributed by atoms with van der Waals surface area (Å²) in [7, 11) is 0. The fourth-order valence-corrected chi connectivity index (χ4v) is 1.31. The monoisotopic (exact) mass is 177 g/mol. The molecule has 0 saturated carbocycles. The van der Waals surface area contributed by atoms with Crippen molar-refractivity contribution in [2.75, 3.05) is 6.54 Å². The Morgan fingerprint density at radius 2 is 2.23 bits per heavy atom. The van der Waals surface area contributed by atoms with Crippen LogP contribution in [0.25, 0.3) is 0 Å². The molecule has 0 amide bonds. The van der Waals surface area contributed by atoms with Gasteiger partial charge in [-0.25, -0.2) is 0 Å². The van der Waals surface area contributed by atoms with Gasteiger partial charge >= 0.3 is 0 Å². The van der Waals surface area contributed by atoms with Gasteiger partial charge < -0.3 is 5.73 Å². The van der Waals surface area contributed by atoms with Crippen molar-refractivity contribution in [1.82, 2.24) is 0 Å². The Labute approximate surface area is 78.8 Å². The van der Waals surface area contributed by atoms with Crippen molar-refractivity contribution in [2.24, 2.45) is 5.73 Å². The smallest absolute Gasteiger partial charge is 0.176 e. The summed E-state index contributed by atoms with van der Waals surface area (Å²) >= 11 is 0. The van der Waals surface area contributed by atoms with Crippen molar-refractivity contribution in [2.45, 2.75) is 19.8 Å². The third-order valence-corrected chi connectivity index (χ3v) is 1.97. The minimum absolute atomic E-state index is 0.0120. The van der Waals surface area contributed by atoms with E-state index < -0.39 is 0 Å². The molecule has 0 aliphatic rings. The molecule has 0 spiro atoms. The van der Waals surface area contributed by atoms with Crippen LogP contribution in [0.5, 0.6) is 0 Å². The lowest BCUT2D eigenvalue weighted by Gasteiger charge is -2.01. The fraction of sp³-hybridized carbons (Fsp3) is 0.364. The van der Waals surface area contributed by atoms with Crippen LogP contribution in [0.3, 0.4) is 0 Å². The third-order valence-electron chi connectivity index (χ3n) is 1.97. The molecule has 0 saturated heterocycles. The Morgan fingerprint density at radius 1 is 1.46 bits per heavy atom. The van der Waals surface area contributed by atoms with Gasteiger partial charge in [0.1, 0.15) is 0 Å². The van der Waals surface area contributed by atoms with E-state index in [2.05, 4.69) is 6.92 Å². The Bertz CT molecular complexity index is 294. The van der Waals surface area contributed by atoms with E-state index in [4.69, 9.17) is 5.73 Å². The first-order valence-electron chi connectivity index (χ1n) is 4.60. The Balaban J connectivity index is 2.85. The maximum absolute atomic E-state index is 11.2.